The third-order valence-electron chi connectivity index (χ3n) is 6.65. The van der Waals surface area contributed by atoms with Crippen molar-refractivity contribution in [2.45, 2.75) is 78.4 Å². The predicted octanol–water partition coefficient (Wildman–Crippen LogP) is 6.06. The monoisotopic (exact) mass is 533 g/mol. The summed E-state index contributed by atoms with van der Waals surface area (Å²) in [5.41, 5.74) is 3.34. The van der Waals surface area contributed by atoms with Crippen LogP contribution in [0.5, 0.6) is 5.75 Å². The van der Waals surface area contributed by atoms with Crippen molar-refractivity contribution < 1.29 is 14.3 Å². The highest BCUT2D eigenvalue weighted by atomic mass is 16.5. The van der Waals surface area contributed by atoms with Gasteiger partial charge in [0.1, 0.15) is 18.0 Å². The molecular formula is C32H43N3O4. The number of aromatic nitrogens is 2. The van der Waals surface area contributed by atoms with Gasteiger partial charge in [0.15, 0.2) is 0 Å². The van der Waals surface area contributed by atoms with E-state index in [2.05, 4.69) is 64.6 Å². The lowest BCUT2D eigenvalue weighted by atomic mass is 9.87. The molecule has 4 rings (SSSR count). The fourth-order valence-electron chi connectivity index (χ4n) is 4.35. The first kappa shape index (κ1) is 29.9. The fraction of sp³-hybridized carbons (Fsp3) is 0.469. The van der Waals surface area contributed by atoms with Gasteiger partial charge in [0.2, 0.25) is 5.75 Å². The van der Waals surface area contributed by atoms with Gasteiger partial charge in [0.25, 0.3) is 12.0 Å². The first-order valence-electron chi connectivity index (χ1n) is 13.7. The number of rotatable bonds is 7. The third kappa shape index (κ3) is 9.89. The van der Waals surface area contributed by atoms with Crippen molar-refractivity contribution in [2.24, 2.45) is 5.92 Å². The molecule has 1 aliphatic rings. The Hall–Kier alpha value is -3.61. The summed E-state index contributed by atoms with van der Waals surface area (Å²) in [6.45, 7) is 15.1. The smallest absolute Gasteiger partial charge is 0.293 e. The second-order valence-corrected chi connectivity index (χ2v) is 12.1. The number of hydrogen-bond donors (Lipinski definition) is 1. The molecule has 2 aromatic carbocycles. The molecule has 1 aliphatic heterocycles. The van der Waals surface area contributed by atoms with Crippen molar-refractivity contribution in [1.82, 2.24) is 9.97 Å². The van der Waals surface area contributed by atoms with Crippen LogP contribution in [0.3, 0.4) is 0 Å². The maximum Gasteiger partial charge on any atom is 0.293 e. The van der Waals surface area contributed by atoms with Crippen LogP contribution in [-0.2, 0) is 28.0 Å². The number of benzene rings is 2. The highest BCUT2D eigenvalue weighted by Gasteiger charge is 2.21. The summed E-state index contributed by atoms with van der Waals surface area (Å²) in [6, 6.07) is 18.8. The number of H-pyrrole nitrogens is 1. The average Bonchev–Trinajstić information content (AvgIpc) is 2.89. The summed E-state index contributed by atoms with van der Waals surface area (Å²) >= 11 is 0. The van der Waals surface area contributed by atoms with E-state index in [1.807, 2.05) is 51.1 Å². The Bertz CT molecular complexity index is 1220. The SMILES string of the molecule is CC(C)(C)OC=O.CC(C)(C)c1ccc(N2CCC(Cc3ncc(OCc4ccccc4)c(=O)[nH]3)CC2)cc1. The zero-order valence-electron chi connectivity index (χ0n) is 24.2. The first-order valence-corrected chi connectivity index (χ1v) is 13.7. The number of carbonyl (C=O) groups is 1. The average molecular weight is 534 g/mol. The molecule has 3 aromatic rings. The molecule has 210 valence electrons. The summed E-state index contributed by atoms with van der Waals surface area (Å²) in [6.07, 6.45) is 4.54. The molecule has 0 radical (unpaired) electrons. The lowest BCUT2D eigenvalue weighted by Crippen LogP contribution is -2.34. The van der Waals surface area contributed by atoms with Crippen molar-refractivity contribution in [2.75, 3.05) is 18.0 Å². The Kier molecular flexibility index (Phi) is 10.3. The number of carbonyl (C=O) groups excluding carboxylic acids is 1. The van der Waals surface area contributed by atoms with E-state index in [1.54, 1.807) is 6.20 Å². The van der Waals surface area contributed by atoms with Gasteiger partial charge in [-0.3, -0.25) is 9.59 Å². The quantitative estimate of drug-likeness (QED) is 0.372. The van der Waals surface area contributed by atoms with E-state index in [0.717, 1.165) is 43.7 Å². The summed E-state index contributed by atoms with van der Waals surface area (Å²) in [4.78, 5) is 31.8. The van der Waals surface area contributed by atoms with Crippen LogP contribution in [0, 0.1) is 5.92 Å². The van der Waals surface area contributed by atoms with E-state index >= 15 is 0 Å². The van der Waals surface area contributed by atoms with Gasteiger partial charge in [-0.1, -0.05) is 63.2 Å². The number of nitrogens with one attached hydrogen (secondary N) is 1. The van der Waals surface area contributed by atoms with Crippen LogP contribution >= 0.6 is 0 Å². The predicted molar refractivity (Wildman–Crippen MR) is 156 cm³/mol. The van der Waals surface area contributed by atoms with E-state index in [-0.39, 0.29) is 22.3 Å². The summed E-state index contributed by atoms with van der Waals surface area (Å²) < 4.78 is 10.2. The van der Waals surface area contributed by atoms with Crippen LogP contribution in [0.25, 0.3) is 0 Å². The Morgan fingerprint density at radius 3 is 2.13 bits per heavy atom. The minimum absolute atomic E-state index is 0.178. The fourth-order valence-corrected chi connectivity index (χ4v) is 4.35. The minimum Gasteiger partial charge on any atom is -0.482 e. The van der Waals surface area contributed by atoms with Crippen LogP contribution in [0.4, 0.5) is 5.69 Å². The van der Waals surface area contributed by atoms with Gasteiger partial charge in [-0.25, -0.2) is 4.98 Å². The second-order valence-electron chi connectivity index (χ2n) is 12.1. The number of aromatic amines is 1. The third-order valence-corrected chi connectivity index (χ3v) is 6.65. The Labute approximate surface area is 232 Å². The van der Waals surface area contributed by atoms with Crippen LogP contribution in [-0.4, -0.2) is 35.1 Å². The van der Waals surface area contributed by atoms with E-state index in [4.69, 9.17) is 4.74 Å². The molecule has 0 atom stereocenters. The zero-order valence-corrected chi connectivity index (χ0v) is 24.2. The number of anilines is 1. The molecule has 0 amide bonds. The van der Waals surface area contributed by atoms with Crippen LogP contribution in [0.15, 0.2) is 65.6 Å². The van der Waals surface area contributed by atoms with Crippen molar-refractivity contribution in [1.29, 1.82) is 0 Å². The van der Waals surface area contributed by atoms with Gasteiger partial charge in [0, 0.05) is 25.2 Å². The molecule has 7 heteroatoms. The zero-order chi connectivity index (χ0) is 28.5. The van der Waals surface area contributed by atoms with Crippen molar-refractivity contribution in [3.63, 3.8) is 0 Å². The van der Waals surface area contributed by atoms with E-state index in [9.17, 15) is 9.59 Å². The molecule has 1 fully saturated rings. The van der Waals surface area contributed by atoms with Gasteiger partial charge in [0.05, 0.1) is 6.20 Å². The molecule has 0 bridgehead atoms. The molecule has 0 unspecified atom stereocenters. The lowest BCUT2D eigenvalue weighted by Gasteiger charge is -2.34. The second kappa shape index (κ2) is 13.5. The molecule has 0 aliphatic carbocycles. The van der Waals surface area contributed by atoms with Gasteiger partial charge in [-0.15, -0.1) is 0 Å². The Balaban J connectivity index is 0.000000532. The number of hydrogen-bond acceptors (Lipinski definition) is 6. The highest BCUT2D eigenvalue weighted by molar-refractivity contribution is 5.49. The topological polar surface area (TPSA) is 84.5 Å². The maximum atomic E-state index is 12.4. The molecule has 1 N–H and O–H groups in total. The van der Waals surface area contributed by atoms with E-state index < -0.39 is 0 Å². The van der Waals surface area contributed by atoms with Crippen molar-refractivity contribution in [3.05, 3.63) is 88.1 Å². The molecule has 39 heavy (non-hydrogen) atoms. The number of nitrogens with zero attached hydrogens (tertiary/aromatic N) is 2. The first-order chi connectivity index (χ1) is 18.4. The summed E-state index contributed by atoms with van der Waals surface area (Å²) in [5.74, 6) is 1.54. The van der Waals surface area contributed by atoms with Crippen molar-refractivity contribution in [3.8, 4) is 5.75 Å². The van der Waals surface area contributed by atoms with Crippen LogP contribution in [0.1, 0.15) is 71.3 Å². The molecule has 7 nitrogen and oxygen atoms in total. The van der Waals surface area contributed by atoms with Gasteiger partial charge < -0.3 is 19.4 Å². The summed E-state index contributed by atoms with van der Waals surface area (Å²) in [7, 11) is 0. The number of piperidine rings is 1. The summed E-state index contributed by atoms with van der Waals surface area (Å²) in [5, 5.41) is 0. The Morgan fingerprint density at radius 2 is 1.62 bits per heavy atom. The largest absolute Gasteiger partial charge is 0.482 e. The molecule has 1 aromatic heterocycles. The number of ether oxygens (including phenoxy) is 2. The highest BCUT2D eigenvalue weighted by Crippen LogP contribution is 2.28. The van der Waals surface area contributed by atoms with Gasteiger partial charge in [-0.05, 0) is 68.2 Å². The molecule has 2 heterocycles. The standard InChI is InChI=1S/C27H33N3O2.C5H10O2/c1-27(2,3)22-9-11-23(12-10-22)30-15-13-20(14-16-30)17-25-28-18-24(26(31)29-25)32-19-21-7-5-4-6-8-21;1-5(2,3)7-4-6/h4-12,18,20H,13-17,19H2,1-3H3,(H,28,29,31);4H,1-3H3. The van der Waals surface area contributed by atoms with Gasteiger partial charge >= 0.3 is 0 Å². The normalized spacial score (nSPS) is 14.3. The van der Waals surface area contributed by atoms with Crippen LogP contribution in [0.2, 0.25) is 0 Å². The van der Waals surface area contributed by atoms with Crippen molar-refractivity contribution >= 4 is 12.2 Å². The molecule has 0 spiro atoms. The lowest BCUT2D eigenvalue weighted by molar-refractivity contribution is -0.138. The Morgan fingerprint density at radius 1 is 0.974 bits per heavy atom. The van der Waals surface area contributed by atoms with Gasteiger partial charge in [-0.2, -0.15) is 0 Å². The molecular weight excluding hydrogens is 490 g/mol. The molecule has 1 saturated heterocycles. The maximum absolute atomic E-state index is 12.4. The minimum atomic E-state index is -0.318. The van der Waals surface area contributed by atoms with E-state index in [0.29, 0.717) is 19.0 Å². The van der Waals surface area contributed by atoms with Crippen LogP contribution < -0.4 is 15.2 Å². The van der Waals surface area contributed by atoms with E-state index in [1.165, 1.54) is 11.3 Å². The molecule has 0 saturated carbocycles.